The molecule has 0 spiro atoms. The van der Waals surface area contributed by atoms with Crippen molar-refractivity contribution >= 4 is 22.9 Å². The van der Waals surface area contributed by atoms with Gasteiger partial charge in [-0.25, -0.2) is 4.98 Å². The SMILES string of the molecule is O=C(Cc1csc(-c2ccc(CN3CCOCC3)cc2)n1)Nc1ccccc1Oc1ccccc1. The Labute approximate surface area is 209 Å². The second-order valence-electron chi connectivity index (χ2n) is 8.37. The van der Waals surface area contributed by atoms with E-state index in [2.05, 4.69) is 34.5 Å². The summed E-state index contributed by atoms with van der Waals surface area (Å²) in [4.78, 5) is 19.9. The van der Waals surface area contributed by atoms with Gasteiger partial charge in [-0.1, -0.05) is 54.6 Å². The predicted octanol–water partition coefficient (Wildman–Crippen LogP) is 5.62. The second kappa shape index (κ2) is 11.3. The maximum atomic E-state index is 12.8. The predicted molar refractivity (Wildman–Crippen MR) is 139 cm³/mol. The van der Waals surface area contributed by atoms with E-state index in [9.17, 15) is 4.79 Å². The van der Waals surface area contributed by atoms with Gasteiger partial charge >= 0.3 is 0 Å². The number of carbonyl (C=O) groups excluding carboxylic acids is 1. The van der Waals surface area contributed by atoms with Gasteiger partial charge in [0, 0.05) is 30.6 Å². The van der Waals surface area contributed by atoms with E-state index in [0.717, 1.165) is 49.1 Å². The fourth-order valence-electron chi connectivity index (χ4n) is 3.92. The number of morpholine rings is 1. The molecule has 4 aromatic rings. The first-order chi connectivity index (χ1) is 17.2. The van der Waals surface area contributed by atoms with E-state index in [1.807, 2.05) is 60.0 Å². The van der Waals surface area contributed by atoms with Crippen LogP contribution in [0, 0.1) is 0 Å². The zero-order valence-corrected chi connectivity index (χ0v) is 20.2. The summed E-state index contributed by atoms with van der Waals surface area (Å²) in [6, 6.07) is 25.5. The van der Waals surface area contributed by atoms with Crippen molar-refractivity contribution in [3.05, 3.63) is 95.5 Å². The molecule has 0 saturated carbocycles. The summed E-state index contributed by atoms with van der Waals surface area (Å²) in [5.74, 6) is 1.18. The van der Waals surface area contributed by atoms with Gasteiger partial charge in [-0.3, -0.25) is 9.69 Å². The third-order valence-electron chi connectivity index (χ3n) is 5.74. The molecule has 7 heteroatoms. The standard InChI is InChI=1S/C28H27N3O3S/c32-27(30-25-8-4-5-9-26(25)34-24-6-2-1-3-7-24)18-23-20-35-28(29-23)22-12-10-21(11-13-22)19-31-14-16-33-17-15-31/h1-13,20H,14-19H2,(H,30,32). The molecule has 0 aliphatic carbocycles. The average molecular weight is 486 g/mol. The molecule has 1 N–H and O–H groups in total. The number of carbonyl (C=O) groups is 1. The Bertz CT molecular complexity index is 1250. The minimum absolute atomic E-state index is 0.133. The van der Waals surface area contributed by atoms with Crippen LogP contribution >= 0.6 is 11.3 Å². The molecular weight excluding hydrogens is 458 g/mol. The number of hydrogen-bond donors (Lipinski definition) is 1. The highest BCUT2D eigenvalue weighted by Gasteiger charge is 2.13. The van der Waals surface area contributed by atoms with Crippen molar-refractivity contribution in [3.8, 4) is 22.1 Å². The van der Waals surface area contributed by atoms with E-state index in [-0.39, 0.29) is 12.3 Å². The van der Waals surface area contributed by atoms with Gasteiger partial charge in [0.2, 0.25) is 5.91 Å². The summed E-state index contributed by atoms with van der Waals surface area (Å²) in [7, 11) is 0. The van der Waals surface area contributed by atoms with Crippen LogP contribution in [0.3, 0.4) is 0 Å². The first kappa shape index (κ1) is 23.2. The maximum absolute atomic E-state index is 12.8. The molecule has 3 aromatic carbocycles. The number of nitrogens with zero attached hydrogens (tertiary/aromatic N) is 2. The molecule has 5 rings (SSSR count). The molecule has 178 valence electrons. The van der Waals surface area contributed by atoms with Gasteiger partial charge in [0.1, 0.15) is 10.8 Å². The fraction of sp³-hybridized carbons (Fsp3) is 0.214. The number of aromatic nitrogens is 1. The van der Waals surface area contributed by atoms with E-state index >= 15 is 0 Å². The Balaban J connectivity index is 1.19. The molecule has 2 heterocycles. The molecule has 0 atom stereocenters. The Morgan fingerprint density at radius 1 is 0.971 bits per heavy atom. The van der Waals surface area contributed by atoms with Gasteiger partial charge in [-0.15, -0.1) is 11.3 Å². The lowest BCUT2D eigenvalue weighted by Crippen LogP contribution is -2.35. The first-order valence-corrected chi connectivity index (χ1v) is 12.6. The van der Waals surface area contributed by atoms with Crippen molar-refractivity contribution in [2.45, 2.75) is 13.0 Å². The van der Waals surface area contributed by atoms with Crippen LogP contribution in [0.15, 0.2) is 84.2 Å². The lowest BCUT2D eigenvalue weighted by atomic mass is 10.1. The quantitative estimate of drug-likeness (QED) is 0.351. The molecule has 35 heavy (non-hydrogen) atoms. The van der Waals surface area contributed by atoms with Crippen LogP contribution < -0.4 is 10.1 Å². The zero-order chi connectivity index (χ0) is 23.9. The number of thiazole rings is 1. The maximum Gasteiger partial charge on any atom is 0.230 e. The van der Waals surface area contributed by atoms with Crippen molar-refractivity contribution < 1.29 is 14.3 Å². The molecule has 0 radical (unpaired) electrons. The Morgan fingerprint density at radius 2 is 1.71 bits per heavy atom. The van der Waals surface area contributed by atoms with Gasteiger partial charge in [-0.05, 0) is 29.8 Å². The molecule has 0 unspecified atom stereocenters. The van der Waals surface area contributed by atoms with Crippen LogP contribution in [0.2, 0.25) is 0 Å². The molecular formula is C28H27N3O3S. The Morgan fingerprint density at radius 3 is 2.51 bits per heavy atom. The number of rotatable bonds is 8. The molecule has 6 nitrogen and oxygen atoms in total. The molecule has 1 saturated heterocycles. The minimum Gasteiger partial charge on any atom is -0.455 e. The van der Waals surface area contributed by atoms with Crippen molar-refractivity contribution in [2.75, 3.05) is 31.6 Å². The van der Waals surface area contributed by atoms with Crippen molar-refractivity contribution in [2.24, 2.45) is 0 Å². The van der Waals surface area contributed by atoms with Gasteiger partial charge in [0.25, 0.3) is 0 Å². The fourth-order valence-corrected chi connectivity index (χ4v) is 4.75. The largest absolute Gasteiger partial charge is 0.455 e. The molecule has 1 aromatic heterocycles. The van der Waals surface area contributed by atoms with Crippen LogP contribution in [0.1, 0.15) is 11.3 Å². The smallest absolute Gasteiger partial charge is 0.230 e. The van der Waals surface area contributed by atoms with Crippen LogP contribution in [-0.2, 0) is 22.5 Å². The molecule has 1 aliphatic heterocycles. The van der Waals surface area contributed by atoms with Gasteiger partial charge in [0.05, 0.1) is 31.0 Å². The minimum atomic E-state index is -0.133. The van der Waals surface area contributed by atoms with E-state index in [1.165, 1.54) is 5.56 Å². The number of benzene rings is 3. The van der Waals surface area contributed by atoms with E-state index in [4.69, 9.17) is 14.5 Å². The van der Waals surface area contributed by atoms with E-state index in [1.54, 1.807) is 11.3 Å². The van der Waals surface area contributed by atoms with E-state index in [0.29, 0.717) is 17.2 Å². The Hall–Kier alpha value is -3.52. The van der Waals surface area contributed by atoms with Crippen molar-refractivity contribution in [3.63, 3.8) is 0 Å². The number of anilines is 1. The molecule has 0 bridgehead atoms. The Kier molecular flexibility index (Phi) is 7.48. The lowest BCUT2D eigenvalue weighted by molar-refractivity contribution is -0.115. The van der Waals surface area contributed by atoms with Crippen LogP contribution in [0.25, 0.3) is 10.6 Å². The van der Waals surface area contributed by atoms with Crippen molar-refractivity contribution in [1.29, 1.82) is 0 Å². The highest BCUT2D eigenvalue weighted by atomic mass is 32.1. The van der Waals surface area contributed by atoms with Gasteiger partial charge in [-0.2, -0.15) is 0 Å². The van der Waals surface area contributed by atoms with Crippen molar-refractivity contribution in [1.82, 2.24) is 9.88 Å². The molecule has 1 amide bonds. The second-order valence-corrected chi connectivity index (χ2v) is 9.22. The number of para-hydroxylation sites is 3. The summed E-state index contributed by atoms with van der Waals surface area (Å²) in [6.07, 6.45) is 0.200. The normalized spacial score (nSPS) is 13.9. The molecule has 1 aliphatic rings. The van der Waals surface area contributed by atoms with Crippen LogP contribution in [-0.4, -0.2) is 42.1 Å². The summed E-state index contributed by atoms with van der Waals surface area (Å²) < 4.78 is 11.4. The van der Waals surface area contributed by atoms with Gasteiger partial charge in [0.15, 0.2) is 5.75 Å². The molecule has 1 fully saturated rings. The van der Waals surface area contributed by atoms with E-state index < -0.39 is 0 Å². The number of ether oxygens (including phenoxy) is 2. The summed E-state index contributed by atoms with van der Waals surface area (Å²) in [5, 5.41) is 5.82. The van der Waals surface area contributed by atoms with Crippen LogP contribution in [0.4, 0.5) is 5.69 Å². The number of amides is 1. The highest BCUT2D eigenvalue weighted by molar-refractivity contribution is 7.13. The van der Waals surface area contributed by atoms with Crippen LogP contribution in [0.5, 0.6) is 11.5 Å². The first-order valence-electron chi connectivity index (χ1n) is 11.7. The third kappa shape index (κ3) is 6.33. The lowest BCUT2D eigenvalue weighted by Gasteiger charge is -2.26. The summed E-state index contributed by atoms with van der Waals surface area (Å²) >= 11 is 1.55. The zero-order valence-electron chi connectivity index (χ0n) is 19.4. The number of nitrogens with one attached hydrogen (secondary N) is 1. The third-order valence-corrected chi connectivity index (χ3v) is 6.68. The summed E-state index contributed by atoms with van der Waals surface area (Å²) in [5.41, 5.74) is 3.73. The highest BCUT2D eigenvalue weighted by Crippen LogP contribution is 2.29. The monoisotopic (exact) mass is 485 g/mol. The van der Waals surface area contributed by atoms with Gasteiger partial charge < -0.3 is 14.8 Å². The topological polar surface area (TPSA) is 63.7 Å². The average Bonchev–Trinajstić information content (AvgIpc) is 3.35. The summed E-state index contributed by atoms with van der Waals surface area (Å²) in [6.45, 7) is 4.49. The number of hydrogen-bond acceptors (Lipinski definition) is 6.